The standard InChI is InChI=1S/C9H18N2O3S/c1-3-6-15(13,14)10-8-4-5-9(12)11(2)7-8/h8,10H,3-7H2,1-2H3. The van der Waals surface area contributed by atoms with Crippen LogP contribution in [0.2, 0.25) is 0 Å². The first-order valence-electron chi connectivity index (χ1n) is 5.18. The van der Waals surface area contributed by atoms with Gasteiger partial charge in [-0.15, -0.1) is 0 Å². The number of nitrogens with one attached hydrogen (secondary N) is 1. The lowest BCUT2D eigenvalue weighted by Crippen LogP contribution is -2.48. The molecule has 1 fully saturated rings. The van der Waals surface area contributed by atoms with E-state index in [0.29, 0.717) is 25.8 Å². The third-order valence-corrected chi connectivity index (χ3v) is 4.08. The van der Waals surface area contributed by atoms with Crippen molar-refractivity contribution in [3.63, 3.8) is 0 Å². The molecule has 0 aromatic carbocycles. The van der Waals surface area contributed by atoms with Gasteiger partial charge in [-0.05, 0) is 12.8 Å². The molecule has 1 unspecified atom stereocenters. The van der Waals surface area contributed by atoms with Crippen LogP contribution >= 0.6 is 0 Å². The first-order chi connectivity index (χ1) is 6.94. The summed E-state index contributed by atoms with van der Waals surface area (Å²) in [5.41, 5.74) is 0. The number of hydrogen-bond acceptors (Lipinski definition) is 3. The van der Waals surface area contributed by atoms with Gasteiger partial charge in [0.15, 0.2) is 0 Å². The molecule has 0 aromatic heterocycles. The quantitative estimate of drug-likeness (QED) is 0.741. The predicted molar refractivity (Wildman–Crippen MR) is 57.9 cm³/mol. The molecular weight excluding hydrogens is 216 g/mol. The number of piperidine rings is 1. The van der Waals surface area contributed by atoms with Gasteiger partial charge in [0, 0.05) is 26.1 Å². The molecule has 0 spiro atoms. The maximum Gasteiger partial charge on any atom is 0.222 e. The topological polar surface area (TPSA) is 66.5 Å². The predicted octanol–water partition coefficient (Wildman–Crippen LogP) is -0.0634. The fraction of sp³-hybridized carbons (Fsp3) is 0.889. The molecule has 0 bridgehead atoms. The molecule has 88 valence electrons. The average molecular weight is 234 g/mol. The van der Waals surface area contributed by atoms with Crippen LogP contribution in [0.15, 0.2) is 0 Å². The smallest absolute Gasteiger partial charge is 0.222 e. The minimum Gasteiger partial charge on any atom is -0.344 e. The van der Waals surface area contributed by atoms with E-state index in [1.54, 1.807) is 11.9 Å². The van der Waals surface area contributed by atoms with Crippen molar-refractivity contribution < 1.29 is 13.2 Å². The van der Waals surface area contributed by atoms with Gasteiger partial charge in [-0.1, -0.05) is 6.92 Å². The molecule has 1 saturated heterocycles. The Bertz CT molecular complexity index is 326. The number of carbonyl (C=O) groups is 1. The van der Waals surface area contributed by atoms with Crippen molar-refractivity contribution in [1.29, 1.82) is 0 Å². The molecule has 1 amide bonds. The van der Waals surface area contributed by atoms with E-state index in [1.807, 2.05) is 6.92 Å². The number of nitrogens with zero attached hydrogens (tertiary/aromatic N) is 1. The van der Waals surface area contributed by atoms with Crippen LogP contribution in [0.25, 0.3) is 0 Å². The molecule has 1 heterocycles. The maximum atomic E-state index is 11.5. The van der Waals surface area contributed by atoms with Crippen LogP contribution in [-0.4, -0.2) is 44.6 Å². The third kappa shape index (κ3) is 3.79. The van der Waals surface area contributed by atoms with E-state index in [0.717, 1.165) is 0 Å². The van der Waals surface area contributed by atoms with Gasteiger partial charge in [0.1, 0.15) is 0 Å². The lowest BCUT2D eigenvalue weighted by Gasteiger charge is -2.29. The van der Waals surface area contributed by atoms with Crippen molar-refractivity contribution >= 4 is 15.9 Å². The van der Waals surface area contributed by atoms with Gasteiger partial charge in [0.2, 0.25) is 15.9 Å². The molecule has 5 nitrogen and oxygen atoms in total. The molecule has 0 aromatic rings. The van der Waals surface area contributed by atoms with Crippen LogP contribution in [0.5, 0.6) is 0 Å². The summed E-state index contributed by atoms with van der Waals surface area (Å²) in [5.74, 6) is 0.238. The van der Waals surface area contributed by atoms with E-state index in [2.05, 4.69) is 4.72 Å². The summed E-state index contributed by atoms with van der Waals surface area (Å²) in [6.07, 6.45) is 1.64. The van der Waals surface area contributed by atoms with Crippen LogP contribution in [0.1, 0.15) is 26.2 Å². The lowest BCUT2D eigenvalue weighted by atomic mass is 10.1. The van der Waals surface area contributed by atoms with E-state index >= 15 is 0 Å². The van der Waals surface area contributed by atoms with Crippen LogP contribution in [0.3, 0.4) is 0 Å². The first-order valence-corrected chi connectivity index (χ1v) is 6.84. The van der Waals surface area contributed by atoms with E-state index in [1.165, 1.54) is 0 Å². The molecule has 1 aliphatic heterocycles. The molecule has 6 heteroatoms. The Morgan fingerprint density at radius 3 is 2.73 bits per heavy atom. The largest absolute Gasteiger partial charge is 0.344 e. The van der Waals surface area contributed by atoms with Crippen molar-refractivity contribution in [3.8, 4) is 0 Å². The number of sulfonamides is 1. The Kier molecular flexibility index (Phi) is 4.10. The number of rotatable bonds is 4. The highest BCUT2D eigenvalue weighted by Crippen LogP contribution is 2.10. The molecule has 1 rings (SSSR count). The average Bonchev–Trinajstić information content (AvgIpc) is 2.10. The minimum absolute atomic E-state index is 0.0842. The third-order valence-electron chi connectivity index (χ3n) is 2.45. The highest BCUT2D eigenvalue weighted by atomic mass is 32.2. The summed E-state index contributed by atoms with van der Waals surface area (Å²) < 4.78 is 25.6. The summed E-state index contributed by atoms with van der Waals surface area (Å²) in [4.78, 5) is 12.8. The summed E-state index contributed by atoms with van der Waals surface area (Å²) in [6, 6.07) is -0.121. The normalized spacial score (nSPS) is 23.2. The van der Waals surface area contributed by atoms with Gasteiger partial charge in [0.25, 0.3) is 0 Å². The van der Waals surface area contributed by atoms with Gasteiger partial charge in [0.05, 0.1) is 5.75 Å². The van der Waals surface area contributed by atoms with Gasteiger partial charge < -0.3 is 4.90 Å². The van der Waals surface area contributed by atoms with Crippen LogP contribution in [-0.2, 0) is 14.8 Å². The molecule has 0 saturated carbocycles. The second-order valence-corrected chi connectivity index (χ2v) is 5.82. The zero-order chi connectivity index (χ0) is 11.5. The van der Waals surface area contributed by atoms with E-state index in [4.69, 9.17) is 0 Å². The van der Waals surface area contributed by atoms with E-state index in [-0.39, 0.29) is 17.7 Å². The summed E-state index contributed by atoms with van der Waals surface area (Å²) in [6.45, 7) is 2.30. The van der Waals surface area contributed by atoms with Crippen molar-refractivity contribution in [1.82, 2.24) is 9.62 Å². The Balaban J connectivity index is 2.50. The molecule has 1 N–H and O–H groups in total. The number of likely N-dealkylation sites (N-methyl/N-ethyl adjacent to an activating group) is 1. The Hall–Kier alpha value is -0.620. The number of carbonyl (C=O) groups excluding carboxylic acids is 1. The minimum atomic E-state index is -3.16. The first kappa shape index (κ1) is 12.4. The SMILES string of the molecule is CCCS(=O)(=O)NC1CCC(=O)N(C)C1. The maximum absolute atomic E-state index is 11.5. The second kappa shape index (κ2) is 4.94. The monoisotopic (exact) mass is 234 g/mol. The van der Waals surface area contributed by atoms with Gasteiger partial charge >= 0.3 is 0 Å². The number of hydrogen-bond donors (Lipinski definition) is 1. The Labute approximate surface area is 90.9 Å². The zero-order valence-electron chi connectivity index (χ0n) is 9.19. The van der Waals surface area contributed by atoms with Crippen molar-refractivity contribution in [3.05, 3.63) is 0 Å². The second-order valence-electron chi connectivity index (χ2n) is 3.95. The Morgan fingerprint density at radius 1 is 1.53 bits per heavy atom. The fourth-order valence-corrected chi connectivity index (χ4v) is 3.05. The molecular formula is C9H18N2O3S. The lowest BCUT2D eigenvalue weighted by molar-refractivity contribution is -0.132. The van der Waals surface area contributed by atoms with Crippen LogP contribution in [0, 0.1) is 0 Å². The summed E-state index contributed by atoms with van der Waals surface area (Å²) in [7, 11) is -1.46. The molecule has 0 radical (unpaired) electrons. The molecule has 0 aliphatic carbocycles. The van der Waals surface area contributed by atoms with Crippen LogP contribution in [0.4, 0.5) is 0 Å². The van der Waals surface area contributed by atoms with Crippen molar-refractivity contribution in [2.45, 2.75) is 32.2 Å². The summed E-state index contributed by atoms with van der Waals surface area (Å²) in [5, 5.41) is 0. The highest BCUT2D eigenvalue weighted by molar-refractivity contribution is 7.89. The number of likely N-dealkylation sites (tertiary alicyclic amines) is 1. The molecule has 15 heavy (non-hydrogen) atoms. The number of amides is 1. The molecule has 1 atom stereocenters. The molecule has 1 aliphatic rings. The van der Waals surface area contributed by atoms with E-state index in [9.17, 15) is 13.2 Å². The summed E-state index contributed by atoms with van der Waals surface area (Å²) >= 11 is 0. The fourth-order valence-electron chi connectivity index (χ4n) is 1.69. The van der Waals surface area contributed by atoms with Crippen molar-refractivity contribution in [2.24, 2.45) is 0 Å². The van der Waals surface area contributed by atoms with Gasteiger partial charge in [-0.25, -0.2) is 13.1 Å². The van der Waals surface area contributed by atoms with Gasteiger partial charge in [-0.2, -0.15) is 0 Å². The van der Waals surface area contributed by atoms with Gasteiger partial charge in [-0.3, -0.25) is 4.79 Å². The zero-order valence-corrected chi connectivity index (χ0v) is 10.0. The van der Waals surface area contributed by atoms with E-state index < -0.39 is 10.0 Å². The Morgan fingerprint density at radius 2 is 2.20 bits per heavy atom. The van der Waals surface area contributed by atoms with Crippen LogP contribution < -0.4 is 4.72 Å². The highest BCUT2D eigenvalue weighted by Gasteiger charge is 2.25. The van der Waals surface area contributed by atoms with Crippen molar-refractivity contribution in [2.75, 3.05) is 19.3 Å².